The van der Waals surface area contributed by atoms with Gasteiger partial charge in [-0.15, -0.1) is 5.10 Å². The molecule has 1 aliphatic carbocycles. The average molecular weight is 744 g/mol. The van der Waals surface area contributed by atoms with E-state index in [4.69, 9.17) is 21.1 Å². The maximum absolute atomic E-state index is 13.1. The second-order valence-corrected chi connectivity index (χ2v) is 18.2. The van der Waals surface area contributed by atoms with E-state index in [1.165, 1.54) is 22.9 Å². The third-order valence-electron chi connectivity index (χ3n) is 10.5. The second-order valence-electron chi connectivity index (χ2n) is 16.3. The van der Waals surface area contributed by atoms with Gasteiger partial charge in [-0.25, -0.2) is 24.2 Å². The van der Waals surface area contributed by atoms with Gasteiger partial charge in [0.15, 0.2) is 10.8 Å². The molecule has 278 valence electrons. The van der Waals surface area contributed by atoms with E-state index in [1.807, 2.05) is 39.3 Å². The molecule has 5 rings (SSSR count). The van der Waals surface area contributed by atoms with Crippen molar-refractivity contribution in [2.45, 2.75) is 97.7 Å². The number of nitrogens with zero attached hydrogens (tertiary/aromatic N) is 5. The molecule has 1 atom stereocenters. The number of sulfonamides is 1. The van der Waals surface area contributed by atoms with Crippen LogP contribution < -0.4 is 14.8 Å². The van der Waals surface area contributed by atoms with E-state index < -0.39 is 21.5 Å². The van der Waals surface area contributed by atoms with Gasteiger partial charge in [0.25, 0.3) is 15.9 Å². The summed E-state index contributed by atoms with van der Waals surface area (Å²) in [5.41, 5.74) is -0.611. The summed E-state index contributed by atoms with van der Waals surface area (Å²) >= 11 is 6.35. The van der Waals surface area contributed by atoms with Gasteiger partial charge in [0.05, 0.1) is 12.2 Å². The van der Waals surface area contributed by atoms with Crippen LogP contribution in [0.1, 0.15) is 91.9 Å². The Morgan fingerprint density at radius 1 is 1.02 bits per heavy atom. The van der Waals surface area contributed by atoms with E-state index in [-0.39, 0.29) is 38.2 Å². The number of carbonyl (C=O) groups excluding carboxylic acids is 2. The van der Waals surface area contributed by atoms with E-state index in [0.29, 0.717) is 49.0 Å². The third kappa shape index (κ3) is 8.60. The number of carbonyl (C=O) groups is 2. The van der Waals surface area contributed by atoms with Gasteiger partial charge in [-0.1, -0.05) is 45.4 Å². The molecular formula is C36H50ClN7O6S. The molecule has 0 bridgehead atoms. The number of hydrogen-bond donors (Lipinski definition) is 2. The quantitative estimate of drug-likeness (QED) is 0.151. The molecule has 13 nitrogen and oxygen atoms in total. The largest absolute Gasteiger partial charge is 0.476 e. The van der Waals surface area contributed by atoms with Crippen molar-refractivity contribution in [2.24, 2.45) is 22.7 Å². The van der Waals surface area contributed by atoms with Crippen LogP contribution in [-0.4, -0.2) is 75.9 Å². The number of hydrogen-bond acceptors (Lipinski definition) is 10. The molecule has 0 aromatic carbocycles. The minimum Gasteiger partial charge on any atom is -0.476 e. The predicted octanol–water partition coefficient (Wildman–Crippen LogP) is 6.72. The molecule has 0 radical (unpaired) electrons. The lowest BCUT2D eigenvalue weighted by atomic mass is 9.93. The van der Waals surface area contributed by atoms with Crippen LogP contribution in [0, 0.1) is 22.7 Å². The lowest BCUT2D eigenvalue weighted by molar-refractivity contribution is 0.0130. The zero-order valence-electron chi connectivity index (χ0n) is 30.9. The molecule has 2 aliphatic rings. The normalized spacial score (nSPS) is 19.4. The summed E-state index contributed by atoms with van der Waals surface area (Å²) in [6.07, 6.45) is 3.87. The monoisotopic (exact) mass is 743 g/mol. The lowest BCUT2D eigenvalue weighted by Gasteiger charge is -2.33. The summed E-state index contributed by atoms with van der Waals surface area (Å²) in [6, 6.07) is 9.13. The SMILES string of the molecule is CC(C)(C)OC(=O)N1CC(CCCNc2cccc(S(=O)(=O)NC(=O)c3ccc(-n4ccc(OCC5C(C)(C)C5(C)C)n4)nc3Cl)n2)CC1(C)C. The topological polar surface area (TPSA) is 158 Å². The van der Waals surface area contributed by atoms with Gasteiger partial charge in [-0.05, 0) is 94.9 Å². The summed E-state index contributed by atoms with van der Waals surface area (Å²) in [6.45, 7) is 20.3. The second kappa shape index (κ2) is 13.9. The Kier molecular flexibility index (Phi) is 10.4. The van der Waals surface area contributed by atoms with Gasteiger partial charge in [0.1, 0.15) is 16.6 Å². The van der Waals surface area contributed by atoms with E-state index in [9.17, 15) is 18.0 Å². The Morgan fingerprint density at radius 2 is 1.73 bits per heavy atom. The van der Waals surface area contributed by atoms with Gasteiger partial charge < -0.3 is 19.7 Å². The third-order valence-corrected chi connectivity index (χ3v) is 12.0. The molecule has 2 fully saturated rings. The molecule has 2 amide bonds. The summed E-state index contributed by atoms with van der Waals surface area (Å²) in [5, 5.41) is 7.06. The van der Waals surface area contributed by atoms with Crippen LogP contribution in [-0.2, 0) is 14.8 Å². The maximum Gasteiger partial charge on any atom is 0.410 e. The van der Waals surface area contributed by atoms with E-state index in [1.54, 1.807) is 29.3 Å². The highest BCUT2D eigenvalue weighted by Gasteiger charge is 2.64. The highest BCUT2D eigenvalue weighted by atomic mass is 35.5. The standard InChI is InChI=1S/C36H50ClN7O6S/c1-33(2,3)50-32(46)43-21-23(20-34(43,4)5)12-11-18-38-26-13-10-14-29(39-26)51(47,48)42-31(45)24-15-16-27(40-30(24)37)44-19-17-28(41-44)49-22-25-35(6,7)36(25,8)9/h10,13-17,19,23,25H,11-12,18,20-22H2,1-9H3,(H,38,39)(H,42,45). The molecular weight excluding hydrogens is 694 g/mol. The van der Waals surface area contributed by atoms with Crippen molar-refractivity contribution >= 4 is 39.4 Å². The van der Waals surface area contributed by atoms with Crippen LogP contribution in [0.25, 0.3) is 5.82 Å². The fourth-order valence-corrected chi connectivity index (χ4v) is 8.04. The highest BCUT2D eigenvalue weighted by Crippen LogP contribution is 2.68. The summed E-state index contributed by atoms with van der Waals surface area (Å²) in [4.78, 5) is 36.1. The first-order chi connectivity index (χ1) is 23.6. The number of rotatable bonds is 12. The number of halogens is 1. The lowest BCUT2D eigenvalue weighted by Crippen LogP contribution is -2.45. The van der Waals surface area contributed by atoms with Gasteiger partial charge in [-0.3, -0.25) is 4.79 Å². The Bertz CT molecular complexity index is 1870. The van der Waals surface area contributed by atoms with Gasteiger partial charge >= 0.3 is 6.09 Å². The van der Waals surface area contributed by atoms with Crippen molar-refractivity contribution in [3.8, 4) is 11.7 Å². The number of pyridine rings is 2. The van der Waals surface area contributed by atoms with Crippen molar-refractivity contribution in [3.05, 3.63) is 53.3 Å². The van der Waals surface area contributed by atoms with E-state index in [2.05, 4.69) is 48.1 Å². The van der Waals surface area contributed by atoms with Crippen molar-refractivity contribution in [2.75, 3.05) is 25.0 Å². The molecule has 0 spiro atoms. The van der Waals surface area contributed by atoms with Crippen LogP contribution in [0.4, 0.5) is 10.6 Å². The molecule has 1 unspecified atom stereocenters. The van der Waals surface area contributed by atoms with E-state index >= 15 is 0 Å². The zero-order chi connectivity index (χ0) is 37.6. The van der Waals surface area contributed by atoms with Crippen molar-refractivity contribution < 1.29 is 27.5 Å². The van der Waals surface area contributed by atoms with E-state index in [0.717, 1.165) is 19.3 Å². The number of nitrogens with one attached hydrogen (secondary N) is 2. The predicted molar refractivity (Wildman–Crippen MR) is 195 cm³/mol. The first-order valence-corrected chi connectivity index (χ1v) is 19.1. The number of ether oxygens (including phenoxy) is 2. The molecule has 3 aromatic rings. The van der Waals surface area contributed by atoms with Crippen LogP contribution in [0.3, 0.4) is 0 Å². The molecule has 15 heteroatoms. The first kappa shape index (κ1) is 38.3. The Morgan fingerprint density at radius 3 is 2.37 bits per heavy atom. The number of likely N-dealkylation sites (tertiary alicyclic amines) is 1. The van der Waals surface area contributed by atoms with Crippen molar-refractivity contribution in [3.63, 3.8) is 0 Å². The van der Waals surface area contributed by atoms with Crippen LogP contribution in [0.15, 0.2) is 47.6 Å². The summed E-state index contributed by atoms with van der Waals surface area (Å²) in [7, 11) is -4.34. The fourth-order valence-electron chi connectivity index (χ4n) is 6.87. The maximum atomic E-state index is 13.1. The number of anilines is 1. The highest BCUT2D eigenvalue weighted by molar-refractivity contribution is 7.90. The van der Waals surface area contributed by atoms with Crippen molar-refractivity contribution in [1.29, 1.82) is 0 Å². The van der Waals surface area contributed by atoms with Gasteiger partial charge in [0, 0.05) is 36.8 Å². The molecule has 1 saturated heterocycles. The fraction of sp³-hybridized carbons (Fsp3) is 0.583. The molecule has 2 N–H and O–H groups in total. The summed E-state index contributed by atoms with van der Waals surface area (Å²) < 4.78 is 41.3. The zero-order valence-corrected chi connectivity index (χ0v) is 32.5. The molecule has 51 heavy (non-hydrogen) atoms. The molecule has 4 heterocycles. The Balaban J connectivity index is 1.12. The average Bonchev–Trinajstić information content (AvgIpc) is 3.41. The Labute approximate surface area is 305 Å². The number of aromatic nitrogens is 4. The molecule has 1 aliphatic heterocycles. The van der Waals surface area contributed by atoms with Crippen LogP contribution >= 0.6 is 11.6 Å². The minimum atomic E-state index is -4.34. The van der Waals surface area contributed by atoms with Crippen LogP contribution in [0.5, 0.6) is 5.88 Å². The molecule has 1 saturated carbocycles. The molecule has 3 aromatic heterocycles. The summed E-state index contributed by atoms with van der Waals surface area (Å²) in [5.74, 6) is 0.893. The number of amides is 2. The van der Waals surface area contributed by atoms with Gasteiger partial charge in [0.2, 0.25) is 5.88 Å². The Hall–Kier alpha value is -3.91. The van der Waals surface area contributed by atoms with Crippen LogP contribution in [0.2, 0.25) is 5.15 Å². The van der Waals surface area contributed by atoms with Gasteiger partial charge in [-0.2, -0.15) is 8.42 Å². The first-order valence-electron chi connectivity index (χ1n) is 17.2. The smallest absolute Gasteiger partial charge is 0.410 e. The van der Waals surface area contributed by atoms with Crippen molar-refractivity contribution in [1.82, 2.24) is 29.4 Å². The minimum absolute atomic E-state index is 0.125.